The minimum atomic E-state index is -0.850. The number of nitrogens with zero attached hydrogens (tertiary/aromatic N) is 2. The van der Waals surface area contributed by atoms with E-state index in [4.69, 9.17) is 5.11 Å². The number of halogens is 1. The van der Waals surface area contributed by atoms with Gasteiger partial charge in [-0.15, -0.1) is 0 Å². The van der Waals surface area contributed by atoms with Crippen molar-refractivity contribution in [3.8, 4) is 0 Å². The van der Waals surface area contributed by atoms with Gasteiger partial charge in [0.05, 0.1) is 16.9 Å². The third kappa shape index (κ3) is 2.62. The molecule has 0 atom stereocenters. The summed E-state index contributed by atoms with van der Waals surface area (Å²) in [6.45, 7) is 1.10. The number of hydrogen-bond acceptors (Lipinski definition) is 4. The molecular weight excluding hydrogens is 243 g/mol. The standard InChI is InChI=1S/C11H11FN2O4/c12-9-1-7(2-10(3-9)14(17)18)4-13-5-8(6-13)11(15)16/h1-3,8H,4-6H2,(H,15,16). The number of nitro groups is 1. The lowest BCUT2D eigenvalue weighted by Crippen LogP contribution is -2.49. The molecule has 0 aliphatic carbocycles. The van der Waals surface area contributed by atoms with Crippen molar-refractivity contribution in [3.63, 3.8) is 0 Å². The average molecular weight is 254 g/mol. The summed E-state index contributed by atoms with van der Waals surface area (Å²) in [5, 5.41) is 19.3. The fourth-order valence-corrected chi connectivity index (χ4v) is 1.94. The first-order chi connectivity index (χ1) is 8.45. The maximum absolute atomic E-state index is 13.1. The molecule has 0 bridgehead atoms. The van der Waals surface area contributed by atoms with Crippen LogP contribution in [0.3, 0.4) is 0 Å². The first kappa shape index (κ1) is 12.4. The van der Waals surface area contributed by atoms with E-state index >= 15 is 0 Å². The number of benzene rings is 1. The van der Waals surface area contributed by atoms with Gasteiger partial charge in [-0.2, -0.15) is 0 Å². The van der Waals surface area contributed by atoms with E-state index in [1.165, 1.54) is 12.1 Å². The first-order valence-corrected chi connectivity index (χ1v) is 5.34. The van der Waals surface area contributed by atoms with Crippen LogP contribution >= 0.6 is 0 Å². The zero-order chi connectivity index (χ0) is 13.3. The largest absolute Gasteiger partial charge is 0.481 e. The van der Waals surface area contributed by atoms with Crippen LogP contribution in [0.25, 0.3) is 0 Å². The Kier molecular flexibility index (Phi) is 3.24. The van der Waals surface area contributed by atoms with Gasteiger partial charge < -0.3 is 5.11 Å². The summed E-state index contributed by atoms with van der Waals surface area (Å²) in [6.07, 6.45) is 0. The Morgan fingerprint density at radius 2 is 2.17 bits per heavy atom. The Balaban J connectivity index is 2.02. The van der Waals surface area contributed by atoms with Crippen LogP contribution in [0.1, 0.15) is 5.56 Å². The Morgan fingerprint density at radius 3 is 2.72 bits per heavy atom. The number of carboxylic acids is 1. The van der Waals surface area contributed by atoms with Crippen molar-refractivity contribution in [1.29, 1.82) is 0 Å². The number of nitro benzene ring substituents is 1. The minimum Gasteiger partial charge on any atom is -0.481 e. The molecule has 7 heteroatoms. The number of carboxylic acid groups (broad SMARTS) is 1. The fraction of sp³-hybridized carbons (Fsp3) is 0.364. The lowest BCUT2D eigenvalue weighted by molar-refractivity contribution is -0.385. The van der Waals surface area contributed by atoms with Crippen molar-refractivity contribution in [1.82, 2.24) is 4.90 Å². The summed E-state index contributed by atoms with van der Waals surface area (Å²) >= 11 is 0. The average Bonchev–Trinajstić information content (AvgIpc) is 2.21. The molecule has 1 heterocycles. The zero-order valence-electron chi connectivity index (χ0n) is 9.38. The molecule has 1 aliphatic heterocycles. The van der Waals surface area contributed by atoms with Gasteiger partial charge in [0.1, 0.15) is 5.82 Å². The van der Waals surface area contributed by atoms with Crippen LogP contribution in [0.5, 0.6) is 0 Å². The molecule has 96 valence electrons. The fourth-order valence-electron chi connectivity index (χ4n) is 1.94. The highest BCUT2D eigenvalue weighted by Crippen LogP contribution is 2.22. The Labute approximate surface area is 102 Å². The van der Waals surface area contributed by atoms with Crippen LogP contribution in [0.15, 0.2) is 18.2 Å². The molecule has 1 fully saturated rings. The smallest absolute Gasteiger partial charge is 0.309 e. The molecule has 1 aromatic carbocycles. The molecule has 0 aromatic heterocycles. The second-order valence-electron chi connectivity index (χ2n) is 4.30. The second-order valence-corrected chi connectivity index (χ2v) is 4.30. The van der Waals surface area contributed by atoms with Crippen LogP contribution in [-0.2, 0) is 11.3 Å². The third-order valence-electron chi connectivity index (χ3n) is 2.87. The number of aliphatic carboxylic acids is 1. The van der Waals surface area contributed by atoms with Crippen molar-refractivity contribution >= 4 is 11.7 Å². The molecule has 6 nitrogen and oxygen atoms in total. The summed E-state index contributed by atoms with van der Waals surface area (Å²) in [5.41, 5.74) is 0.186. The third-order valence-corrected chi connectivity index (χ3v) is 2.87. The summed E-state index contributed by atoms with van der Waals surface area (Å²) in [5.74, 6) is -1.90. The minimum absolute atomic E-state index is 0.291. The monoisotopic (exact) mass is 254 g/mol. The molecule has 0 unspecified atom stereocenters. The van der Waals surface area contributed by atoms with E-state index in [9.17, 15) is 19.3 Å². The Bertz CT molecular complexity index is 500. The SMILES string of the molecule is O=C(O)C1CN(Cc2cc(F)cc([N+](=O)[O-])c2)C1. The topological polar surface area (TPSA) is 83.7 Å². The second kappa shape index (κ2) is 4.69. The number of hydrogen-bond donors (Lipinski definition) is 1. The summed E-state index contributed by atoms with van der Waals surface area (Å²) < 4.78 is 13.1. The number of carbonyl (C=O) groups is 1. The van der Waals surface area contributed by atoms with Gasteiger partial charge in [0, 0.05) is 25.7 Å². The van der Waals surface area contributed by atoms with Gasteiger partial charge in [0.25, 0.3) is 5.69 Å². The maximum atomic E-state index is 13.1. The van der Waals surface area contributed by atoms with Crippen LogP contribution in [0, 0.1) is 21.8 Å². The molecule has 0 spiro atoms. The molecule has 1 saturated heterocycles. The van der Waals surface area contributed by atoms with Gasteiger partial charge in [-0.3, -0.25) is 19.8 Å². The predicted molar refractivity (Wildman–Crippen MR) is 59.5 cm³/mol. The highest BCUT2D eigenvalue weighted by Gasteiger charge is 2.32. The maximum Gasteiger partial charge on any atom is 0.309 e. The molecule has 18 heavy (non-hydrogen) atoms. The van der Waals surface area contributed by atoms with Gasteiger partial charge in [0.2, 0.25) is 0 Å². The van der Waals surface area contributed by atoms with Crippen molar-refractivity contribution < 1.29 is 19.2 Å². The Morgan fingerprint density at radius 1 is 1.50 bits per heavy atom. The van der Waals surface area contributed by atoms with E-state index in [1.54, 1.807) is 4.90 Å². The molecule has 1 aromatic rings. The number of likely N-dealkylation sites (tertiary alicyclic amines) is 1. The van der Waals surface area contributed by atoms with E-state index in [0.29, 0.717) is 25.2 Å². The highest BCUT2D eigenvalue weighted by atomic mass is 19.1. The predicted octanol–water partition coefficient (Wildman–Crippen LogP) is 1.25. The quantitative estimate of drug-likeness (QED) is 0.645. The van der Waals surface area contributed by atoms with E-state index in [2.05, 4.69) is 0 Å². The first-order valence-electron chi connectivity index (χ1n) is 5.34. The summed E-state index contributed by atoms with van der Waals surface area (Å²) in [6, 6.07) is 3.39. The van der Waals surface area contributed by atoms with Crippen molar-refractivity contribution in [2.24, 2.45) is 5.92 Å². The normalized spacial score (nSPS) is 16.3. The molecule has 0 saturated carbocycles. The van der Waals surface area contributed by atoms with Gasteiger partial charge in [-0.25, -0.2) is 4.39 Å². The molecule has 1 aliphatic rings. The number of rotatable bonds is 4. The van der Waals surface area contributed by atoms with Crippen LogP contribution in [0.2, 0.25) is 0 Å². The van der Waals surface area contributed by atoms with E-state index in [0.717, 1.165) is 6.07 Å². The van der Waals surface area contributed by atoms with Gasteiger partial charge in [-0.05, 0) is 11.6 Å². The molecular formula is C11H11FN2O4. The van der Waals surface area contributed by atoms with Gasteiger partial charge in [-0.1, -0.05) is 0 Å². The molecule has 1 N–H and O–H groups in total. The molecule has 0 radical (unpaired) electrons. The zero-order valence-corrected chi connectivity index (χ0v) is 9.38. The van der Waals surface area contributed by atoms with E-state index in [1.807, 2.05) is 0 Å². The number of non-ortho nitro benzene ring substituents is 1. The van der Waals surface area contributed by atoms with E-state index in [-0.39, 0.29) is 5.69 Å². The van der Waals surface area contributed by atoms with Crippen molar-refractivity contribution in [2.45, 2.75) is 6.54 Å². The highest BCUT2D eigenvalue weighted by molar-refractivity contribution is 5.71. The summed E-state index contributed by atoms with van der Waals surface area (Å²) in [7, 11) is 0. The lowest BCUT2D eigenvalue weighted by Gasteiger charge is -2.36. The van der Waals surface area contributed by atoms with Gasteiger partial charge >= 0.3 is 5.97 Å². The van der Waals surface area contributed by atoms with Crippen molar-refractivity contribution in [2.75, 3.05) is 13.1 Å². The van der Waals surface area contributed by atoms with Crippen LogP contribution < -0.4 is 0 Å². The lowest BCUT2D eigenvalue weighted by atomic mass is 9.99. The Hall–Kier alpha value is -2.02. The summed E-state index contributed by atoms with van der Waals surface area (Å²) in [4.78, 5) is 22.3. The molecule has 0 amide bonds. The van der Waals surface area contributed by atoms with Gasteiger partial charge in [0.15, 0.2) is 0 Å². The van der Waals surface area contributed by atoms with Crippen LogP contribution in [-0.4, -0.2) is 34.0 Å². The molecule has 2 rings (SSSR count). The van der Waals surface area contributed by atoms with Crippen LogP contribution in [0.4, 0.5) is 10.1 Å². The van der Waals surface area contributed by atoms with E-state index < -0.39 is 22.6 Å². The van der Waals surface area contributed by atoms with Crippen molar-refractivity contribution in [3.05, 3.63) is 39.7 Å².